The lowest BCUT2D eigenvalue weighted by Gasteiger charge is -2.11. The van der Waals surface area contributed by atoms with E-state index in [0.29, 0.717) is 11.3 Å². The molecule has 0 saturated carbocycles. The number of carboxylic acid groups (broad SMARTS) is 1. The van der Waals surface area contributed by atoms with Crippen molar-refractivity contribution in [3.05, 3.63) is 29.8 Å². The molecule has 0 radical (unpaired) electrons. The van der Waals surface area contributed by atoms with E-state index in [1.807, 2.05) is 0 Å². The van der Waals surface area contributed by atoms with Crippen molar-refractivity contribution in [3.8, 4) is 0 Å². The molecule has 9 heteroatoms. The second-order valence-corrected chi connectivity index (χ2v) is 7.72. The molecule has 1 atom stereocenters. The molecule has 0 bridgehead atoms. The summed E-state index contributed by atoms with van der Waals surface area (Å²) >= 11 is 0. The average molecular weight is 372 g/mol. The summed E-state index contributed by atoms with van der Waals surface area (Å²) in [5.74, 6) is -2.46. The largest absolute Gasteiger partial charge is 0.481 e. The zero-order chi connectivity index (χ0) is 19.0. The number of aliphatic carboxylic acids is 1. The van der Waals surface area contributed by atoms with Crippen LogP contribution in [0.3, 0.4) is 0 Å². The molecule has 1 unspecified atom stereocenters. The summed E-state index contributed by atoms with van der Waals surface area (Å²) in [5.41, 5.74) is 0.939. The van der Waals surface area contributed by atoms with E-state index in [1.54, 1.807) is 38.1 Å². The van der Waals surface area contributed by atoms with Crippen molar-refractivity contribution >= 4 is 27.6 Å². The van der Waals surface area contributed by atoms with E-state index in [9.17, 15) is 18.0 Å². The Kier molecular flexibility index (Phi) is 8.01. The smallest absolute Gasteiger partial charge is 0.310 e. The third kappa shape index (κ3) is 8.10. The van der Waals surface area contributed by atoms with Gasteiger partial charge in [0, 0.05) is 5.69 Å². The average Bonchev–Trinajstić information content (AvgIpc) is 2.52. The van der Waals surface area contributed by atoms with Crippen LogP contribution < -0.4 is 10.0 Å². The number of anilines is 1. The van der Waals surface area contributed by atoms with Gasteiger partial charge in [-0.15, -0.1) is 0 Å². The van der Waals surface area contributed by atoms with Crippen LogP contribution in [0.5, 0.6) is 0 Å². The van der Waals surface area contributed by atoms with Crippen molar-refractivity contribution in [2.45, 2.75) is 32.8 Å². The van der Waals surface area contributed by atoms with Gasteiger partial charge < -0.3 is 15.2 Å². The van der Waals surface area contributed by atoms with Crippen LogP contribution in [0.1, 0.15) is 32.3 Å². The fourth-order valence-electron chi connectivity index (χ4n) is 1.87. The van der Waals surface area contributed by atoms with Crippen LogP contribution in [0.4, 0.5) is 5.69 Å². The fourth-order valence-corrected chi connectivity index (χ4v) is 2.69. The highest BCUT2D eigenvalue weighted by Crippen LogP contribution is 2.19. The quantitative estimate of drug-likeness (QED) is 0.566. The van der Waals surface area contributed by atoms with E-state index in [2.05, 4.69) is 10.0 Å². The molecule has 140 valence electrons. The molecule has 8 nitrogen and oxygen atoms in total. The maximum atomic E-state index is 11.9. The highest BCUT2D eigenvalue weighted by molar-refractivity contribution is 7.89. The molecule has 1 rings (SSSR count). The highest BCUT2D eigenvalue weighted by Gasteiger charge is 2.15. The lowest BCUT2D eigenvalue weighted by atomic mass is 10.0. The Morgan fingerprint density at radius 1 is 1.24 bits per heavy atom. The minimum Gasteiger partial charge on any atom is -0.481 e. The van der Waals surface area contributed by atoms with E-state index in [1.165, 1.54) is 6.92 Å². The summed E-state index contributed by atoms with van der Waals surface area (Å²) in [6, 6.07) is 6.41. The van der Waals surface area contributed by atoms with Gasteiger partial charge in [-0.25, -0.2) is 13.1 Å². The third-order valence-electron chi connectivity index (χ3n) is 3.30. The highest BCUT2D eigenvalue weighted by atomic mass is 32.2. The molecule has 0 aliphatic carbocycles. The number of carbonyl (C=O) groups excluding carboxylic acids is 1. The first-order valence-corrected chi connectivity index (χ1v) is 9.47. The zero-order valence-electron chi connectivity index (χ0n) is 14.5. The normalized spacial score (nSPS) is 12.8. The SMILES string of the molecule is CC(C)OCCS(=O)(=O)NCC(=O)Nc1cccc(C(C)C(=O)O)c1. The van der Waals surface area contributed by atoms with E-state index in [4.69, 9.17) is 9.84 Å². The standard InChI is InChI=1S/C16H24N2O6S/c1-11(2)24-7-8-25(22,23)17-10-15(19)18-14-6-4-5-13(9-14)12(3)16(20)21/h4-6,9,11-12,17H,7-8,10H2,1-3H3,(H,18,19)(H,20,21). The van der Waals surface area contributed by atoms with E-state index in [-0.39, 0.29) is 18.5 Å². The van der Waals surface area contributed by atoms with Gasteiger partial charge in [-0.3, -0.25) is 9.59 Å². The Hall–Kier alpha value is -1.97. The summed E-state index contributed by atoms with van der Waals surface area (Å²) < 4.78 is 30.9. The Balaban J connectivity index is 2.54. The molecule has 0 aliphatic rings. The van der Waals surface area contributed by atoms with Gasteiger partial charge in [-0.2, -0.15) is 0 Å². The Morgan fingerprint density at radius 3 is 2.52 bits per heavy atom. The van der Waals surface area contributed by atoms with Crippen LogP contribution in [-0.2, 0) is 24.3 Å². The summed E-state index contributed by atoms with van der Waals surface area (Å²) in [7, 11) is -3.61. The number of rotatable bonds is 10. The lowest BCUT2D eigenvalue weighted by Crippen LogP contribution is -2.35. The van der Waals surface area contributed by atoms with Gasteiger partial charge in [0.15, 0.2) is 0 Å². The second-order valence-electron chi connectivity index (χ2n) is 5.79. The summed E-state index contributed by atoms with van der Waals surface area (Å²) in [6.07, 6.45) is -0.0704. The van der Waals surface area contributed by atoms with Gasteiger partial charge in [-0.1, -0.05) is 12.1 Å². The van der Waals surface area contributed by atoms with Crippen LogP contribution in [0, 0.1) is 0 Å². The van der Waals surface area contributed by atoms with Crippen molar-refractivity contribution < 1.29 is 27.9 Å². The number of carboxylic acids is 1. The topological polar surface area (TPSA) is 122 Å². The van der Waals surface area contributed by atoms with Crippen molar-refractivity contribution in [1.82, 2.24) is 4.72 Å². The molecular weight excluding hydrogens is 348 g/mol. The Morgan fingerprint density at radius 2 is 1.92 bits per heavy atom. The summed E-state index contributed by atoms with van der Waals surface area (Å²) in [6.45, 7) is 4.77. The monoisotopic (exact) mass is 372 g/mol. The minimum atomic E-state index is -3.61. The number of nitrogens with one attached hydrogen (secondary N) is 2. The molecule has 1 aromatic carbocycles. The molecular formula is C16H24N2O6S. The predicted molar refractivity (Wildman–Crippen MR) is 94.0 cm³/mol. The minimum absolute atomic E-state index is 0.0454. The first-order chi connectivity index (χ1) is 11.6. The van der Waals surface area contributed by atoms with Crippen LogP contribution in [0.25, 0.3) is 0 Å². The van der Waals surface area contributed by atoms with Crippen LogP contribution in [0.2, 0.25) is 0 Å². The van der Waals surface area contributed by atoms with Gasteiger partial charge in [0.05, 0.1) is 30.9 Å². The van der Waals surface area contributed by atoms with Crippen molar-refractivity contribution in [2.75, 3.05) is 24.2 Å². The van der Waals surface area contributed by atoms with Crippen molar-refractivity contribution in [1.29, 1.82) is 0 Å². The molecule has 0 heterocycles. The number of sulfonamides is 1. The van der Waals surface area contributed by atoms with Crippen molar-refractivity contribution in [2.24, 2.45) is 0 Å². The Labute approximate surface area is 147 Å². The summed E-state index contributed by atoms with van der Waals surface area (Å²) in [4.78, 5) is 22.9. The fraction of sp³-hybridized carbons (Fsp3) is 0.500. The first kappa shape index (κ1) is 21.1. The second kappa shape index (κ2) is 9.50. The van der Waals surface area contributed by atoms with Gasteiger partial charge in [-0.05, 0) is 38.5 Å². The van der Waals surface area contributed by atoms with Crippen LogP contribution in [-0.4, -0.2) is 50.4 Å². The van der Waals surface area contributed by atoms with Gasteiger partial charge in [0.1, 0.15) is 0 Å². The molecule has 0 fully saturated rings. The predicted octanol–water partition coefficient (Wildman–Crippen LogP) is 1.16. The number of hydrogen-bond acceptors (Lipinski definition) is 5. The van der Waals surface area contributed by atoms with Crippen LogP contribution >= 0.6 is 0 Å². The third-order valence-corrected chi connectivity index (χ3v) is 4.58. The number of amides is 1. The maximum Gasteiger partial charge on any atom is 0.310 e. The molecule has 0 aromatic heterocycles. The van der Waals surface area contributed by atoms with E-state index < -0.39 is 34.4 Å². The number of benzene rings is 1. The summed E-state index contributed by atoms with van der Waals surface area (Å²) in [5, 5.41) is 11.5. The molecule has 0 spiro atoms. The van der Waals surface area contributed by atoms with Crippen LogP contribution in [0.15, 0.2) is 24.3 Å². The molecule has 1 amide bonds. The zero-order valence-corrected chi connectivity index (χ0v) is 15.3. The molecule has 25 heavy (non-hydrogen) atoms. The molecule has 3 N–H and O–H groups in total. The number of carbonyl (C=O) groups is 2. The van der Waals surface area contributed by atoms with Gasteiger partial charge in [0.2, 0.25) is 15.9 Å². The Bertz CT molecular complexity index is 702. The van der Waals surface area contributed by atoms with E-state index >= 15 is 0 Å². The van der Waals surface area contributed by atoms with Crippen molar-refractivity contribution in [3.63, 3.8) is 0 Å². The lowest BCUT2D eigenvalue weighted by molar-refractivity contribution is -0.138. The van der Waals surface area contributed by atoms with Gasteiger partial charge in [0.25, 0.3) is 0 Å². The van der Waals surface area contributed by atoms with Gasteiger partial charge >= 0.3 is 5.97 Å². The molecule has 0 aliphatic heterocycles. The van der Waals surface area contributed by atoms with E-state index in [0.717, 1.165) is 0 Å². The maximum absolute atomic E-state index is 11.9. The number of hydrogen-bond donors (Lipinski definition) is 3. The number of ether oxygens (including phenoxy) is 1. The molecule has 0 saturated heterocycles. The first-order valence-electron chi connectivity index (χ1n) is 7.82. The molecule has 1 aromatic rings.